The number of carbonyl (C=O) groups excluding carboxylic acids is 3. The molecule has 0 aliphatic carbocycles. The summed E-state index contributed by atoms with van der Waals surface area (Å²) < 4.78 is 5.06. The number of ether oxygens (including phenoxy) is 1. The molecule has 1 fully saturated rings. The molecule has 5 N–H and O–H groups in total. The third-order valence-electron chi connectivity index (χ3n) is 3.19. The fraction of sp³-hybridized carbons (Fsp3) is 0.545. The van der Waals surface area contributed by atoms with Gasteiger partial charge in [-0.3, -0.25) is 9.59 Å². The molecule has 2 aliphatic rings. The minimum atomic E-state index is -1.30. The van der Waals surface area contributed by atoms with Crippen LogP contribution in [0.4, 0.5) is 4.79 Å². The Bertz CT molecular complexity index is 469. The third-order valence-corrected chi connectivity index (χ3v) is 4.38. The summed E-state index contributed by atoms with van der Waals surface area (Å²) in [5, 5.41) is 9.42. The van der Waals surface area contributed by atoms with Gasteiger partial charge in [0.15, 0.2) is 0 Å². The smallest absolute Gasteiger partial charge is 0.313 e. The van der Waals surface area contributed by atoms with Crippen LogP contribution in [-0.2, 0) is 14.3 Å². The van der Waals surface area contributed by atoms with Crippen molar-refractivity contribution in [1.82, 2.24) is 16.0 Å². The quantitative estimate of drug-likeness (QED) is 0.382. The van der Waals surface area contributed by atoms with Gasteiger partial charge in [0, 0.05) is 7.11 Å². The number of hydrogen-bond acceptors (Lipinski definition) is 5. The Morgan fingerprint density at radius 1 is 1.55 bits per heavy atom. The van der Waals surface area contributed by atoms with E-state index >= 15 is 0 Å². The van der Waals surface area contributed by atoms with E-state index in [1.165, 1.54) is 18.9 Å². The molecule has 0 aromatic carbocycles. The molecule has 2 unspecified atom stereocenters. The predicted molar refractivity (Wildman–Crippen MR) is 72.3 cm³/mol. The van der Waals surface area contributed by atoms with Gasteiger partial charge in [0.05, 0.1) is 13.0 Å². The highest BCUT2D eigenvalue weighted by Crippen LogP contribution is 2.37. The summed E-state index contributed by atoms with van der Waals surface area (Å²) in [7, 11) is 1.35. The molecule has 2 aliphatic heterocycles. The molecule has 110 valence electrons. The first-order valence-corrected chi connectivity index (χ1v) is 6.84. The van der Waals surface area contributed by atoms with Crippen molar-refractivity contribution in [1.29, 1.82) is 0 Å². The molecule has 2 atom stereocenters. The van der Waals surface area contributed by atoms with Crippen molar-refractivity contribution in [3.8, 4) is 0 Å². The summed E-state index contributed by atoms with van der Waals surface area (Å²) in [6, 6.07) is -0.697. The van der Waals surface area contributed by atoms with E-state index in [2.05, 4.69) is 16.0 Å². The zero-order valence-corrected chi connectivity index (χ0v) is 11.7. The molecule has 0 bridgehead atoms. The van der Waals surface area contributed by atoms with Crippen LogP contribution in [0.3, 0.4) is 0 Å². The molecule has 0 saturated carbocycles. The minimum Gasteiger partial charge on any atom is -0.352 e. The SMILES string of the molecule is COC1(NC(=O)CC2(NC(N)=O)CC=CS2)CNC1=O. The van der Waals surface area contributed by atoms with Crippen molar-refractivity contribution in [2.75, 3.05) is 13.7 Å². The van der Waals surface area contributed by atoms with E-state index in [1.54, 1.807) is 5.41 Å². The molecule has 0 aromatic heterocycles. The summed E-state index contributed by atoms with van der Waals surface area (Å²) >= 11 is 1.31. The van der Waals surface area contributed by atoms with Crippen molar-refractivity contribution in [2.24, 2.45) is 5.73 Å². The summed E-state index contributed by atoms with van der Waals surface area (Å²) in [6.07, 6.45) is 2.32. The van der Waals surface area contributed by atoms with Gasteiger partial charge >= 0.3 is 6.03 Å². The molecule has 8 nitrogen and oxygen atoms in total. The van der Waals surface area contributed by atoms with Gasteiger partial charge in [-0.2, -0.15) is 0 Å². The Morgan fingerprint density at radius 3 is 2.70 bits per heavy atom. The van der Waals surface area contributed by atoms with Crippen LogP contribution in [0.15, 0.2) is 11.5 Å². The number of β-lactam (4-membered cyclic amide) rings is 1. The number of urea groups is 1. The maximum atomic E-state index is 12.1. The first-order valence-electron chi connectivity index (χ1n) is 5.96. The fourth-order valence-electron chi connectivity index (χ4n) is 2.09. The molecule has 0 aromatic rings. The van der Waals surface area contributed by atoms with Crippen molar-refractivity contribution >= 4 is 29.6 Å². The lowest BCUT2D eigenvalue weighted by Crippen LogP contribution is -2.74. The van der Waals surface area contributed by atoms with E-state index in [1.807, 2.05) is 6.08 Å². The molecule has 2 heterocycles. The van der Waals surface area contributed by atoms with Crippen molar-refractivity contribution in [2.45, 2.75) is 23.4 Å². The predicted octanol–water partition coefficient (Wildman–Crippen LogP) is -1.02. The van der Waals surface area contributed by atoms with Crippen molar-refractivity contribution < 1.29 is 19.1 Å². The Hall–Kier alpha value is -1.74. The number of carbonyl (C=O) groups is 3. The molecule has 20 heavy (non-hydrogen) atoms. The lowest BCUT2D eigenvalue weighted by atomic mass is 10.0. The number of hydrogen-bond donors (Lipinski definition) is 4. The first-order chi connectivity index (χ1) is 9.41. The van der Waals surface area contributed by atoms with E-state index in [4.69, 9.17) is 10.5 Å². The number of nitrogens with one attached hydrogen (secondary N) is 3. The van der Waals surface area contributed by atoms with Crippen molar-refractivity contribution in [3.05, 3.63) is 11.5 Å². The lowest BCUT2D eigenvalue weighted by Gasteiger charge is -2.40. The first kappa shape index (κ1) is 14.7. The molecule has 2 rings (SSSR count). The summed E-state index contributed by atoms with van der Waals surface area (Å²) in [5.74, 6) is -0.783. The minimum absolute atomic E-state index is 0.00794. The Labute approximate surface area is 119 Å². The molecular weight excluding hydrogens is 284 g/mol. The average molecular weight is 300 g/mol. The van der Waals surface area contributed by atoms with Gasteiger partial charge in [-0.1, -0.05) is 6.08 Å². The van der Waals surface area contributed by atoms with Gasteiger partial charge in [0.2, 0.25) is 11.6 Å². The molecule has 9 heteroatoms. The highest BCUT2D eigenvalue weighted by Gasteiger charge is 2.49. The van der Waals surface area contributed by atoms with Gasteiger partial charge in [-0.25, -0.2) is 4.79 Å². The average Bonchev–Trinajstić information content (AvgIpc) is 2.81. The highest BCUT2D eigenvalue weighted by molar-refractivity contribution is 8.03. The molecule has 0 spiro atoms. The fourth-order valence-corrected chi connectivity index (χ4v) is 3.11. The molecule has 4 amide bonds. The Morgan fingerprint density at radius 2 is 2.30 bits per heavy atom. The zero-order valence-electron chi connectivity index (χ0n) is 10.9. The second kappa shape index (κ2) is 5.33. The molecule has 1 saturated heterocycles. The second-order valence-corrected chi connectivity index (χ2v) is 5.91. The van der Waals surface area contributed by atoms with Crippen LogP contribution in [0.2, 0.25) is 0 Å². The zero-order chi connectivity index (χ0) is 14.8. The van der Waals surface area contributed by atoms with E-state index in [-0.39, 0.29) is 18.9 Å². The van der Waals surface area contributed by atoms with Gasteiger partial charge in [0.1, 0.15) is 4.87 Å². The highest BCUT2D eigenvalue weighted by atomic mass is 32.2. The number of amides is 4. The van der Waals surface area contributed by atoms with Crippen molar-refractivity contribution in [3.63, 3.8) is 0 Å². The van der Waals surface area contributed by atoms with E-state index < -0.39 is 22.5 Å². The maximum Gasteiger partial charge on any atom is 0.313 e. The van der Waals surface area contributed by atoms with E-state index in [0.29, 0.717) is 6.42 Å². The van der Waals surface area contributed by atoms with Crippen LogP contribution in [0, 0.1) is 0 Å². The monoisotopic (exact) mass is 300 g/mol. The molecule has 0 radical (unpaired) electrons. The summed E-state index contributed by atoms with van der Waals surface area (Å²) in [6.45, 7) is 0.218. The topological polar surface area (TPSA) is 123 Å². The van der Waals surface area contributed by atoms with E-state index in [0.717, 1.165) is 0 Å². The summed E-state index contributed by atoms with van der Waals surface area (Å²) in [4.78, 5) is 33.8. The standard InChI is InChI=1S/C11H16N4O4S/c1-19-11(6-13-8(11)17)14-7(16)5-10(15-9(12)18)3-2-4-20-10/h2,4H,3,5-6H2,1H3,(H,13,17)(H,14,16)(H3,12,15,18). The maximum absolute atomic E-state index is 12.1. The van der Waals surface area contributed by atoms with Crippen LogP contribution in [0.1, 0.15) is 12.8 Å². The van der Waals surface area contributed by atoms with Crippen LogP contribution >= 0.6 is 11.8 Å². The Kier molecular flexibility index (Phi) is 3.91. The third kappa shape index (κ3) is 2.73. The van der Waals surface area contributed by atoms with Crippen LogP contribution in [-0.4, -0.2) is 42.1 Å². The lowest BCUT2D eigenvalue weighted by molar-refractivity contribution is -0.166. The van der Waals surface area contributed by atoms with Crippen LogP contribution < -0.4 is 21.7 Å². The number of methoxy groups -OCH3 is 1. The van der Waals surface area contributed by atoms with Gasteiger partial charge in [-0.15, -0.1) is 11.8 Å². The van der Waals surface area contributed by atoms with Crippen LogP contribution in [0.25, 0.3) is 0 Å². The summed E-state index contributed by atoms with van der Waals surface area (Å²) in [5.41, 5.74) is 3.83. The van der Waals surface area contributed by atoms with Gasteiger partial charge in [0.25, 0.3) is 5.91 Å². The van der Waals surface area contributed by atoms with Crippen LogP contribution in [0.5, 0.6) is 0 Å². The number of primary amides is 1. The second-order valence-electron chi connectivity index (χ2n) is 4.62. The van der Waals surface area contributed by atoms with E-state index in [9.17, 15) is 14.4 Å². The number of rotatable bonds is 5. The van der Waals surface area contributed by atoms with Gasteiger partial charge < -0.3 is 26.4 Å². The normalized spacial score (nSPS) is 31.4. The Balaban J connectivity index is 1.99. The number of thioether (sulfide) groups is 1. The molecular formula is C11H16N4O4S. The largest absolute Gasteiger partial charge is 0.352 e. The van der Waals surface area contributed by atoms with Gasteiger partial charge in [-0.05, 0) is 11.8 Å². The number of nitrogens with two attached hydrogens (primary N) is 1.